The number of aliphatic hydroxyl groups is 1. The van der Waals surface area contributed by atoms with Gasteiger partial charge >= 0.3 is 0 Å². The third kappa shape index (κ3) is 3.80. The number of oxazole rings is 1. The van der Waals surface area contributed by atoms with Crippen LogP contribution < -0.4 is 0 Å². The first kappa shape index (κ1) is 14.5. The van der Waals surface area contributed by atoms with Crippen LogP contribution >= 0.6 is 0 Å². The van der Waals surface area contributed by atoms with Crippen molar-refractivity contribution in [2.75, 3.05) is 6.54 Å². The zero-order chi connectivity index (χ0) is 14.0. The molecule has 4 heteroatoms. The van der Waals surface area contributed by atoms with E-state index in [9.17, 15) is 5.11 Å². The number of hydrogen-bond donors (Lipinski definition) is 1. The van der Waals surface area contributed by atoms with Crippen LogP contribution in [0.5, 0.6) is 0 Å². The minimum Gasteiger partial charge on any atom is -0.444 e. The Hall–Kier alpha value is -0.870. The Balaban J connectivity index is 1.98. The van der Waals surface area contributed by atoms with Gasteiger partial charge < -0.3 is 9.52 Å². The number of likely N-dealkylation sites (tertiary alicyclic amines) is 1. The van der Waals surface area contributed by atoms with Crippen molar-refractivity contribution in [2.45, 2.75) is 71.1 Å². The molecule has 0 radical (unpaired) electrons. The fourth-order valence-corrected chi connectivity index (χ4v) is 2.67. The maximum absolute atomic E-state index is 9.54. The molecule has 2 heterocycles. The van der Waals surface area contributed by atoms with Gasteiger partial charge in [0.2, 0.25) is 5.89 Å². The predicted molar refractivity (Wildman–Crippen MR) is 74.9 cm³/mol. The van der Waals surface area contributed by atoms with E-state index in [1.807, 2.05) is 13.1 Å². The zero-order valence-corrected chi connectivity index (χ0v) is 12.5. The lowest BCUT2D eigenvalue weighted by Gasteiger charge is -2.24. The van der Waals surface area contributed by atoms with Gasteiger partial charge in [0.15, 0.2) is 0 Å². The molecular formula is C15H26N2O2. The van der Waals surface area contributed by atoms with Crippen LogP contribution in [0.4, 0.5) is 0 Å². The summed E-state index contributed by atoms with van der Waals surface area (Å²) >= 11 is 0. The molecule has 108 valence electrons. The summed E-state index contributed by atoms with van der Waals surface area (Å²) in [6.07, 6.45) is 4.81. The Morgan fingerprint density at radius 2 is 2.26 bits per heavy atom. The minimum atomic E-state index is -0.236. The van der Waals surface area contributed by atoms with Crippen LogP contribution in [-0.4, -0.2) is 33.7 Å². The normalized spacial score (nSPS) is 22.9. The fourth-order valence-electron chi connectivity index (χ4n) is 2.67. The summed E-state index contributed by atoms with van der Waals surface area (Å²) in [5, 5.41) is 9.54. The van der Waals surface area contributed by atoms with Crippen molar-refractivity contribution < 1.29 is 9.52 Å². The van der Waals surface area contributed by atoms with Gasteiger partial charge in [0, 0.05) is 11.5 Å². The molecule has 1 N–H and O–H groups in total. The predicted octanol–water partition coefficient (Wildman–Crippen LogP) is 2.71. The number of aliphatic hydroxyl groups excluding tert-OH is 1. The van der Waals surface area contributed by atoms with Crippen LogP contribution in [0.2, 0.25) is 0 Å². The van der Waals surface area contributed by atoms with Gasteiger partial charge in [0.05, 0.1) is 18.8 Å². The van der Waals surface area contributed by atoms with Crippen molar-refractivity contribution in [3.8, 4) is 0 Å². The number of rotatable bonds is 4. The molecule has 2 rings (SSSR count). The lowest BCUT2D eigenvalue weighted by molar-refractivity contribution is 0.125. The molecule has 1 fully saturated rings. The first-order chi connectivity index (χ1) is 8.86. The molecule has 4 nitrogen and oxygen atoms in total. The number of nitrogens with zero attached hydrogens (tertiary/aromatic N) is 2. The summed E-state index contributed by atoms with van der Waals surface area (Å²) < 4.78 is 5.85. The van der Waals surface area contributed by atoms with Crippen LogP contribution in [0.25, 0.3) is 0 Å². The third-order valence-corrected chi connectivity index (χ3v) is 3.74. The summed E-state index contributed by atoms with van der Waals surface area (Å²) in [7, 11) is 0. The molecule has 1 aromatic rings. The fraction of sp³-hybridized carbons (Fsp3) is 0.800. The second-order valence-corrected chi connectivity index (χ2v) is 6.72. The minimum absolute atomic E-state index is 0.00920. The molecule has 2 atom stereocenters. The van der Waals surface area contributed by atoms with Crippen LogP contribution in [0.15, 0.2) is 10.6 Å². The monoisotopic (exact) mass is 266 g/mol. The smallest absolute Gasteiger partial charge is 0.208 e. The van der Waals surface area contributed by atoms with E-state index < -0.39 is 0 Å². The summed E-state index contributed by atoms with van der Waals surface area (Å²) in [5.41, 5.74) is 0.00920. The molecule has 19 heavy (non-hydrogen) atoms. The second-order valence-electron chi connectivity index (χ2n) is 6.72. The summed E-state index contributed by atoms with van der Waals surface area (Å²) in [4.78, 5) is 6.77. The molecule has 0 saturated carbocycles. The molecule has 0 bridgehead atoms. The largest absolute Gasteiger partial charge is 0.444 e. The van der Waals surface area contributed by atoms with Gasteiger partial charge in [-0.3, -0.25) is 4.90 Å². The average Bonchev–Trinajstić information content (AvgIpc) is 2.88. The van der Waals surface area contributed by atoms with Crippen molar-refractivity contribution in [2.24, 2.45) is 0 Å². The van der Waals surface area contributed by atoms with Gasteiger partial charge in [-0.15, -0.1) is 0 Å². The van der Waals surface area contributed by atoms with E-state index in [2.05, 4.69) is 30.7 Å². The Kier molecular flexibility index (Phi) is 4.31. The standard InChI is InChI=1S/C15H26N2O2/c1-11(18)8-12-6-5-7-17(12)10-14-16-9-13(19-14)15(2,3)4/h9,11-12,18H,5-8,10H2,1-4H3. The van der Waals surface area contributed by atoms with Crippen LogP contribution in [0.1, 0.15) is 58.6 Å². The highest BCUT2D eigenvalue weighted by atomic mass is 16.4. The summed E-state index contributed by atoms with van der Waals surface area (Å²) in [5.74, 6) is 1.73. The lowest BCUT2D eigenvalue weighted by Crippen LogP contribution is -2.31. The molecule has 0 aliphatic carbocycles. The molecule has 1 aliphatic heterocycles. The zero-order valence-electron chi connectivity index (χ0n) is 12.5. The van der Waals surface area contributed by atoms with Gasteiger partial charge in [-0.25, -0.2) is 4.98 Å². The Labute approximate surface area is 115 Å². The maximum Gasteiger partial charge on any atom is 0.208 e. The lowest BCUT2D eigenvalue weighted by atomic mass is 9.94. The van der Waals surface area contributed by atoms with Gasteiger partial charge in [-0.1, -0.05) is 20.8 Å². The SMILES string of the molecule is CC(O)CC1CCCN1Cc1ncc(C(C)(C)C)o1. The van der Waals surface area contributed by atoms with E-state index in [4.69, 9.17) is 4.42 Å². The highest BCUT2D eigenvalue weighted by Gasteiger charge is 2.27. The van der Waals surface area contributed by atoms with E-state index in [-0.39, 0.29) is 11.5 Å². The van der Waals surface area contributed by atoms with E-state index in [1.165, 1.54) is 6.42 Å². The number of aromatic nitrogens is 1. The van der Waals surface area contributed by atoms with Gasteiger partial charge in [-0.05, 0) is 32.7 Å². The van der Waals surface area contributed by atoms with E-state index >= 15 is 0 Å². The van der Waals surface area contributed by atoms with E-state index in [1.54, 1.807) is 0 Å². The van der Waals surface area contributed by atoms with Crippen LogP contribution in [-0.2, 0) is 12.0 Å². The highest BCUT2D eigenvalue weighted by Crippen LogP contribution is 2.26. The van der Waals surface area contributed by atoms with Gasteiger partial charge in [0.1, 0.15) is 5.76 Å². The molecule has 0 spiro atoms. The molecule has 1 aromatic heterocycles. The van der Waals surface area contributed by atoms with Crippen molar-refractivity contribution in [1.82, 2.24) is 9.88 Å². The van der Waals surface area contributed by atoms with Crippen molar-refractivity contribution in [1.29, 1.82) is 0 Å². The summed E-state index contributed by atoms with van der Waals surface area (Å²) in [6.45, 7) is 10.1. The highest BCUT2D eigenvalue weighted by molar-refractivity contribution is 5.06. The Bertz CT molecular complexity index is 407. The Morgan fingerprint density at radius 1 is 1.53 bits per heavy atom. The summed E-state index contributed by atoms with van der Waals surface area (Å²) in [6, 6.07) is 0.463. The third-order valence-electron chi connectivity index (χ3n) is 3.74. The average molecular weight is 266 g/mol. The van der Waals surface area contributed by atoms with E-state index in [0.29, 0.717) is 6.04 Å². The first-order valence-electron chi connectivity index (χ1n) is 7.23. The molecular weight excluding hydrogens is 240 g/mol. The molecule has 2 unspecified atom stereocenters. The van der Waals surface area contributed by atoms with Gasteiger partial charge in [-0.2, -0.15) is 0 Å². The number of hydrogen-bond acceptors (Lipinski definition) is 4. The van der Waals surface area contributed by atoms with Crippen molar-refractivity contribution in [3.63, 3.8) is 0 Å². The van der Waals surface area contributed by atoms with Crippen molar-refractivity contribution in [3.05, 3.63) is 17.8 Å². The van der Waals surface area contributed by atoms with Crippen LogP contribution in [0.3, 0.4) is 0 Å². The molecule has 0 aromatic carbocycles. The first-order valence-corrected chi connectivity index (χ1v) is 7.23. The molecule has 1 aliphatic rings. The van der Waals surface area contributed by atoms with E-state index in [0.717, 1.165) is 37.6 Å². The van der Waals surface area contributed by atoms with Gasteiger partial charge in [0.25, 0.3) is 0 Å². The molecule has 1 saturated heterocycles. The quantitative estimate of drug-likeness (QED) is 0.910. The van der Waals surface area contributed by atoms with Crippen molar-refractivity contribution >= 4 is 0 Å². The second kappa shape index (κ2) is 5.63. The Morgan fingerprint density at radius 3 is 2.84 bits per heavy atom. The van der Waals surface area contributed by atoms with Crippen LogP contribution in [0, 0.1) is 0 Å². The topological polar surface area (TPSA) is 49.5 Å². The maximum atomic E-state index is 9.54. The molecule has 0 amide bonds.